The maximum absolute atomic E-state index is 6.18. The minimum Gasteiger partial charge on any atom is -0.497 e. The first-order chi connectivity index (χ1) is 12.0. The molecule has 3 rings (SSSR count). The third-order valence-corrected chi connectivity index (χ3v) is 5.14. The number of nitrogens with zero attached hydrogens (tertiary/aromatic N) is 2. The molecule has 1 aliphatic heterocycles. The number of nitrogens with two attached hydrogens (primary N) is 1. The lowest BCUT2D eigenvalue weighted by Gasteiger charge is -2.30. The van der Waals surface area contributed by atoms with Gasteiger partial charge in [0.05, 0.1) is 7.11 Å². The highest BCUT2D eigenvalue weighted by Crippen LogP contribution is 2.39. The molecule has 134 valence electrons. The number of hydrogen-bond donors (Lipinski definition) is 1. The summed E-state index contributed by atoms with van der Waals surface area (Å²) >= 11 is 0. The molecule has 4 nitrogen and oxygen atoms in total. The average molecular weight is 339 g/mol. The lowest BCUT2D eigenvalue weighted by molar-refractivity contribution is 0.161. The van der Waals surface area contributed by atoms with Crippen molar-refractivity contribution in [1.82, 2.24) is 9.80 Å². The van der Waals surface area contributed by atoms with Gasteiger partial charge < -0.3 is 15.4 Å². The van der Waals surface area contributed by atoms with Crippen LogP contribution in [-0.2, 0) is 13.1 Å². The summed E-state index contributed by atoms with van der Waals surface area (Å²) < 4.78 is 5.27. The van der Waals surface area contributed by atoms with Crippen LogP contribution in [0.3, 0.4) is 0 Å². The third-order valence-electron chi connectivity index (χ3n) is 5.14. The van der Waals surface area contributed by atoms with Crippen molar-refractivity contribution in [1.29, 1.82) is 0 Å². The van der Waals surface area contributed by atoms with E-state index in [2.05, 4.69) is 61.2 Å². The highest BCUT2D eigenvalue weighted by molar-refractivity contribution is 5.39. The lowest BCUT2D eigenvalue weighted by atomic mass is 10.0. The lowest BCUT2D eigenvalue weighted by Crippen LogP contribution is -2.30. The molecule has 2 unspecified atom stereocenters. The monoisotopic (exact) mass is 339 g/mol. The number of fused-ring (bicyclic) bond motifs is 1. The molecule has 1 aliphatic rings. The van der Waals surface area contributed by atoms with Gasteiger partial charge in [-0.25, -0.2) is 0 Å². The molecule has 25 heavy (non-hydrogen) atoms. The number of benzene rings is 2. The Kier molecular flexibility index (Phi) is 5.42. The first-order valence-corrected chi connectivity index (χ1v) is 8.89. The van der Waals surface area contributed by atoms with Crippen molar-refractivity contribution in [3.63, 3.8) is 0 Å². The molecular formula is C21H29N3O. The Hall–Kier alpha value is -1.88. The number of rotatable bonds is 6. The molecule has 0 bridgehead atoms. The molecule has 2 N–H and O–H groups in total. The second-order valence-electron chi connectivity index (χ2n) is 7.14. The van der Waals surface area contributed by atoms with E-state index >= 15 is 0 Å². The van der Waals surface area contributed by atoms with Gasteiger partial charge in [0.1, 0.15) is 5.75 Å². The fraction of sp³-hybridized carbons (Fsp3) is 0.429. The van der Waals surface area contributed by atoms with Crippen molar-refractivity contribution in [3.05, 3.63) is 64.7 Å². The van der Waals surface area contributed by atoms with Crippen molar-refractivity contribution >= 4 is 0 Å². The summed E-state index contributed by atoms with van der Waals surface area (Å²) in [5.74, 6) is 0.893. The summed E-state index contributed by atoms with van der Waals surface area (Å²) in [5.41, 5.74) is 11.6. The first kappa shape index (κ1) is 17.9. The van der Waals surface area contributed by atoms with E-state index in [-0.39, 0.29) is 6.04 Å². The van der Waals surface area contributed by atoms with Crippen LogP contribution < -0.4 is 10.5 Å². The third kappa shape index (κ3) is 3.71. The SMILES string of the molecule is COc1ccc(C(C)N2Cc3ccc(CN(C)C)cc3C2CN)cc1. The Morgan fingerprint density at radius 1 is 1.20 bits per heavy atom. The van der Waals surface area contributed by atoms with Crippen LogP contribution in [0.25, 0.3) is 0 Å². The molecule has 0 aliphatic carbocycles. The highest BCUT2D eigenvalue weighted by Gasteiger charge is 2.33. The largest absolute Gasteiger partial charge is 0.497 e. The average Bonchev–Trinajstić information content (AvgIpc) is 2.98. The molecule has 0 amide bonds. The summed E-state index contributed by atoms with van der Waals surface area (Å²) in [6.45, 7) is 4.81. The van der Waals surface area contributed by atoms with E-state index in [9.17, 15) is 0 Å². The fourth-order valence-electron chi connectivity index (χ4n) is 3.79. The van der Waals surface area contributed by atoms with Gasteiger partial charge >= 0.3 is 0 Å². The van der Waals surface area contributed by atoms with Crippen LogP contribution in [0, 0.1) is 0 Å². The van der Waals surface area contributed by atoms with Gasteiger partial charge in [-0.3, -0.25) is 4.90 Å². The van der Waals surface area contributed by atoms with Crippen molar-refractivity contribution in [2.75, 3.05) is 27.7 Å². The second kappa shape index (κ2) is 7.56. The number of ether oxygens (including phenoxy) is 1. The van der Waals surface area contributed by atoms with E-state index < -0.39 is 0 Å². The Morgan fingerprint density at radius 2 is 1.92 bits per heavy atom. The maximum Gasteiger partial charge on any atom is 0.118 e. The molecule has 2 aromatic rings. The quantitative estimate of drug-likeness (QED) is 0.876. The minimum atomic E-state index is 0.272. The molecule has 0 saturated heterocycles. The maximum atomic E-state index is 6.18. The summed E-state index contributed by atoms with van der Waals surface area (Å²) in [6, 6.07) is 15.8. The van der Waals surface area contributed by atoms with E-state index in [1.165, 1.54) is 22.3 Å². The van der Waals surface area contributed by atoms with E-state index in [1.807, 2.05) is 12.1 Å². The Morgan fingerprint density at radius 3 is 2.52 bits per heavy atom. The number of hydrogen-bond acceptors (Lipinski definition) is 4. The molecule has 0 aromatic heterocycles. The second-order valence-corrected chi connectivity index (χ2v) is 7.14. The topological polar surface area (TPSA) is 41.7 Å². The summed E-state index contributed by atoms with van der Waals surface area (Å²) in [5, 5.41) is 0. The van der Waals surface area contributed by atoms with Crippen LogP contribution in [0.4, 0.5) is 0 Å². The highest BCUT2D eigenvalue weighted by atomic mass is 16.5. The van der Waals surface area contributed by atoms with Crippen LogP contribution in [0.1, 0.15) is 41.3 Å². The fourth-order valence-corrected chi connectivity index (χ4v) is 3.79. The van der Waals surface area contributed by atoms with Gasteiger partial charge in [-0.1, -0.05) is 30.3 Å². The molecule has 0 saturated carbocycles. The van der Waals surface area contributed by atoms with Crippen molar-refractivity contribution < 1.29 is 4.74 Å². The number of methoxy groups -OCH3 is 1. The summed E-state index contributed by atoms with van der Waals surface area (Å²) in [4.78, 5) is 4.71. The van der Waals surface area contributed by atoms with Crippen LogP contribution in [0.5, 0.6) is 5.75 Å². The predicted molar refractivity (Wildman–Crippen MR) is 103 cm³/mol. The van der Waals surface area contributed by atoms with E-state index in [1.54, 1.807) is 7.11 Å². The molecule has 1 heterocycles. The normalized spacial score (nSPS) is 18.4. The smallest absolute Gasteiger partial charge is 0.118 e. The van der Waals surface area contributed by atoms with Crippen molar-refractivity contribution in [2.24, 2.45) is 5.73 Å². The van der Waals surface area contributed by atoms with Crippen molar-refractivity contribution in [3.8, 4) is 5.75 Å². The Labute approximate surface area is 151 Å². The van der Waals surface area contributed by atoms with Crippen LogP contribution in [0.2, 0.25) is 0 Å². The molecule has 2 atom stereocenters. The molecular weight excluding hydrogens is 310 g/mol. The van der Waals surface area contributed by atoms with Crippen molar-refractivity contribution in [2.45, 2.75) is 32.1 Å². The van der Waals surface area contributed by atoms with Gasteiger partial charge in [-0.15, -0.1) is 0 Å². The molecule has 0 fully saturated rings. The van der Waals surface area contributed by atoms with Crippen LogP contribution in [-0.4, -0.2) is 37.5 Å². The standard InChI is InChI=1S/C21H29N3O/c1-15(17-7-9-19(25-4)10-8-17)24-14-18-6-5-16(13-23(2)3)11-20(18)21(24)12-22/h5-11,15,21H,12-14,22H2,1-4H3. The first-order valence-electron chi connectivity index (χ1n) is 8.89. The van der Waals surface area contributed by atoms with Gasteiger partial charge in [0.2, 0.25) is 0 Å². The summed E-state index contributed by atoms with van der Waals surface area (Å²) in [6.07, 6.45) is 0. The van der Waals surface area contributed by atoms with Crippen LogP contribution >= 0.6 is 0 Å². The Balaban J connectivity index is 1.84. The predicted octanol–water partition coefficient (Wildman–Crippen LogP) is 3.33. The van der Waals surface area contributed by atoms with Gasteiger partial charge in [-0.2, -0.15) is 0 Å². The molecule has 0 spiro atoms. The van der Waals surface area contributed by atoms with Gasteiger partial charge in [0, 0.05) is 31.7 Å². The zero-order valence-electron chi connectivity index (χ0n) is 15.7. The van der Waals surface area contributed by atoms with E-state index in [0.29, 0.717) is 12.6 Å². The molecule has 2 aromatic carbocycles. The minimum absolute atomic E-state index is 0.272. The molecule has 0 radical (unpaired) electrons. The Bertz CT molecular complexity index is 712. The van der Waals surface area contributed by atoms with Crippen LogP contribution in [0.15, 0.2) is 42.5 Å². The van der Waals surface area contributed by atoms with E-state index in [0.717, 1.165) is 18.8 Å². The summed E-state index contributed by atoms with van der Waals surface area (Å²) in [7, 11) is 5.91. The zero-order chi connectivity index (χ0) is 18.0. The van der Waals surface area contributed by atoms with Gasteiger partial charge in [0.15, 0.2) is 0 Å². The van der Waals surface area contributed by atoms with Gasteiger partial charge in [0.25, 0.3) is 0 Å². The zero-order valence-corrected chi connectivity index (χ0v) is 15.7. The van der Waals surface area contributed by atoms with Gasteiger partial charge in [-0.05, 0) is 55.4 Å². The van der Waals surface area contributed by atoms with E-state index in [4.69, 9.17) is 10.5 Å². The molecule has 4 heteroatoms.